The number of amides is 2. The number of likely N-dealkylation sites (N-methyl/N-ethyl adjacent to an activating group) is 1. The molecule has 0 spiro atoms. The fourth-order valence-electron chi connectivity index (χ4n) is 3.51. The number of carbonyl (C=O) groups is 2. The quantitative estimate of drug-likeness (QED) is 0.744. The van der Waals surface area contributed by atoms with Gasteiger partial charge in [0.1, 0.15) is 0 Å². The summed E-state index contributed by atoms with van der Waals surface area (Å²) in [6.45, 7) is 15.3. The van der Waals surface area contributed by atoms with Crippen LogP contribution in [-0.2, 0) is 9.59 Å². The number of nitrogens with zero attached hydrogens (tertiary/aromatic N) is 2. The summed E-state index contributed by atoms with van der Waals surface area (Å²) in [5.41, 5.74) is -0.652. The van der Waals surface area contributed by atoms with Gasteiger partial charge in [-0.1, -0.05) is 13.2 Å². The van der Waals surface area contributed by atoms with Crippen LogP contribution >= 0.6 is 0 Å². The van der Waals surface area contributed by atoms with Crippen molar-refractivity contribution in [3.05, 3.63) is 25.3 Å². The molecule has 20 heavy (non-hydrogen) atoms. The summed E-state index contributed by atoms with van der Waals surface area (Å²) < 4.78 is 0. The van der Waals surface area contributed by atoms with Gasteiger partial charge in [-0.05, 0) is 52.7 Å². The van der Waals surface area contributed by atoms with Gasteiger partial charge in [0.2, 0.25) is 11.8 Å². The van der Waals surface area contributed by atoms with Gasteiger partial charge >= 0.3 is 0 Å². The minimum Gasteiger partial charge on any atom is -0.339 e. The SMILES string of the molecule is C=CC(=O)N(C)C1CC(C)(C)N(C(=O)C=C)C(C)(C)C1. The van der Waals surface area contributed by atoms with E-state index < -0.39 is 0 Å². The van der Waals surface area contributed by atoms with E-state index in [4.69, 9.17) is 0 Å². The molecule has 0 saturated carbocycles. The largest absolute Gasteiger partial charge is 0.339 e. The molecule has 0 aliphatic carbocycles. The molecule has 1 saturated heterocycles. The van der Waals surface area contributed by atoms with Gasteiger partial charge in [-0.2, -0.15) is 0 Å². The summed E-state index contributed by atoms with van der Waals surface area (Å²) in [6.07, 6.45) is 4.18. The summed E-state index contributed by atoms with van der Waals surface area (Å²) in [5, 5.41) is 0. The molecular weight excluding hydrogens is 252 g/mol. The Morgan fingerprint density at radius 1 is 1.10 bits per heavy atom. The van der Waals surface area contributed by atoms with Crippen molar-refractivity contribution in [2.45, 2.75) is 57.7 Å². The molecule has 4 heteroatoms. The van der Waals surface area contributed by atoms with E-state index in [1.165, 1.54) is 12.2 Å². The van der Waals surface area contributed by atoms with Crippen molar-refractivity contribution in [1.82, 2.24) is 9.80 Å². The third-order valence-electron chi connectivity index (χ3n) is 4.15. The first kappa shape index (κ1) is 16.5. The molecule has 1 heterocycles. The average molecular weight is 278 g/mol. The van der Waals surface area contributed by atoms with Crippen molar-refractivity contribution in [2.75, 3.05) is 7.05 Å². The second kappa shape index (κ2) is 5.43. The Morgan fingerprint density at radius 2 is 1.55 bits per heavy atom. The summed E-state index contributed by atoms with van der Waals surface area (Å²) >= 11 is 0. The lowest BCUT2D eigenvalue weighted by Crippen LogP contribution is -2.65. The summed E-state index contributed by atoms with van der Waals surface area (Å²) in [4.78, 5) is 27.6. The average Bonchev–Trinajstić information content (AvgIpc) is 2.33. The number of hydrogen-bond donors (Lipinski definition) is 0. The molecule has 1 rings (SSSR count). The second-order valence-corrected chi connectivity index (χ2v) is 6.72. The van der Waals surface area contributed by atoms with Crippen molar-refractivity contribution in [3.63, 3.8) is 0 Å². The normalized spacial score (nSPS) is 21.1. The summed E-state index contributed by atoms with van der Waals surface area (Å²) in [6, 6.07) is 0.0966. The van der Waals surface area contributed by atoms with Crippen LogP contribution in [0.15, 0.2) is 25.3 Å². The van der Waals surface area contributed by atoms with Gasteiger partial charge in [0.05, 0.1) is 0 Å². The predicted octanol–water partition coefficient (Wildman–Crippen LogP) is 2.37. The van der Waals surface area contributed by atoms with Crippen molar-refractivity contribution < 1.29 is 9.59 Å². The highest BCUT2D eigenvalue weighted by atomic mass is 16.2. The molecule has 0 N–H and O–H groups in total. The van der Waals surface area contributed by atoms with E-state index in [0.717, 1.165) is 12.8 Å². The molecule has 112 valence electrons. The molecular formula is C16H26N2O2. The third-order valence-corrected chi connectivity index (χ3v) is 4.15. The van der Waals surface area contributed by atoms with Gasteiger partial charge in [-0.25, -0.2) is 0 Å². The van der Waals surface area contributed by atoms with Crippen LogP contribution in [0.2, 0.25) is 0 Å². The molecule has 0 radical (unpaired) electrons. The lowest BCUT2D eigenvalue weighted by Gasteiger charge is -2.56. The first-order valence-electron chi connectivity index (χ1n) is 6.93. The number of carbonyl (C=O) groups excluding carboxylic acids is 2. The molecule has 0 aromatic heterocycles. The lowest BCUT2D eigenvalue weighted by molar-refractivity contribution is -0.148. The molecule has 0 atom stereocenters. The van der Waals surface area contributed by atoms with Crippen LogP contribution in [0, 0.1) is 0 Å². The van der Waals surface area contributed by atoms with Crippen molar-refractivity contribution in [1.29, 1.82) is 0 Å². The minimum absolute atomic E-state index is 0.0591. The Balaban J connectivity index is 3.10. The van der Waals surface area contributed by atoms with Gasteiger partial charge in [0, 0.05) is 24.2 Å². The topological polar surface area (TPSA) is 40.6 Å². The molecule has 2 amide bonds. The number of piperidine rings is 1. The fourth-order valence-corrected chi connectivity index (χ4v) is 3.51. The molecule has 1 aliphatic heterocycles. The Labute approximate surface area is 122 Å². The van der Waals surface area contributed by atoms with Gasteiger partial charge in [0.25, 0.3) is 0 Å². The van der Waals surface area contributed by atoms with E-state index >= 15 is 0 Å². The van der Waals surface area contributed by atoms with E-state index in [9.17, 15) is 9.59 Å². The van der Waals surface area contributed by atoms with Crippen LogP contribution in [0.3, 0.4) is 0 Å². The van der Waals surface area contributed by atoms with E-state index in [1.807, 2.05) is 32.6 Å². The minimum atomic E-state index is -0.326. The van der Waals surface area contributed by atoms with Gasteiger partial charge in [0.15, 0.2) is 0 Å². The second-order valence-electron chi connectivity index (χ2n) is 6.72. The standard InChI is InChI=1S/C16H26N2O2/c1-8-13(19)17(7)12-10-15(3,4)18(14(20)9-2)16(5,6)11-12/h8-9,12H,1-2,10-11H2,3-7H3. The smallest absolute Gasteiger partial charge is 0.246 e. The predicted molar refractivity (Wildman–Crippen MR) is 81.2 cm³/mol. The molecule has 1 fully saturated rings. The number of hydrogen-bond acceptors (Lipinski definition) is 2. The van der Waals surface area contributed by atoms with Gasteiger partial charge in [-0.15, -0.1) is 0 Å². The van der Waals surface area contributed by atoms with Crippen LogP contribution in [0.4, 0.5) is 0 Å². The zero-order chi connectivity index (χ0) is 15.7. The molecule has 4 nitrogen and oxygen atoms in total. The number of likely N-dealkylation sites (tertiary alicyclic amines) is 1. The lowest BCUT2D eigenvalue weighted by atomic mass is 9.76. The molecule has 0 unspecified atom stereocenters. The maximum Gasteiger partial charge on any atom is 0.246 e. The summed E-state index contributed by atoms with van der Waals surface area (Å²) in [7, 11) is 1.80. The maximum absolute atomic E-state index is 12.2. The molecule has 0 aromatic rings. The van der Waals surface area contributed by atoms with E-state index in [2.05, 4.69) is 13.2 Å². The summed E-state index contributed by atoms with van der Waals surface area (Å²) in [5.74, 6) is -0.138. The van der Waals surface area contributed by atoms with Crippen LogP contribution < -0.4 is 0 Å². The van der Waals surface area contributed by atoms with E-state index in [1.54, 1.807) is 11.9 Å². The monoisotopic (exact) mass is 278 g/mol. The Bertz CT molecular complexity index is 420. The van der Waals surface area contributed by atoms with Crippen LogP contribution in [0.1, 0.15) is 40.5 Å². The van der Waals surface area contributed by atoms with Crippen LogP contribution in [0.25, 0.3) is 0 Å². The molecule has 1 aliphatic rings. The van der Waals surface area contributed by atoms with Crippen LogP contribution in [0.5, 0.6) is 0 Å². The first-order chi connectivity index (χ1) is 9.06. The zero-order valence-corrected chi connectivity index (χ0v) is 13.3. The molecule has 0 aromatic carbocycles. The Kier molecular flexibility index (Phi) is 4.47. The van der Waals surface area contributed by atoms with E-state index in [0.29, 0.717) is 0 Å². The van der Waals surface area contributed by atoms with Crippen molar-refractivity contribution in [2.24, 2.45) is 0 Å². The van der Waals surface area contributed by atoms with Crippen molar-refractivity contribution >= 4 is 11.8 Å². The van der Waals surface area contributed by atoms with Gasteiger partial charge in [-0.3, -0.25) is 9.59 Å². The Hall–Kier alpha value is -1.58. The van der Waals surface area contributed by atoms with E-state index in [-0.39, 0.29) is 28.9 Å². The van der Waals surface area contributed by atoms with Crippen molar-refractivity contribution in [3.8, 4) is 0 Å². The zero-order valence-electron chi connectivity index (χ0n) is 13.3. The fraction of sp³-hybridized carbons (Fsp3) is 0.625. The first-order valence-corrected chi connectivity index (χ1v) is 6.93. The highest BCUT2D eigenvalue weighted by Crippen LogP contribution is 2.40. The molecule has 0 bridgehead atoms. The van der Waals surface area contributed by atoms with Gasteiger partial charge < -0.3 is 9.80 Å². The highest BCUT2D eigenvalue weighted by molar-refractivity contribution is 5.89. The number of rotatable bonds is 3. The highest BCUT2D eigenvalue weighted by Gasteiger charge is 2.48. The maximum atomic E-state index is 12.2. The Morgan fingerprint density at radius 3 is 1.90 bits per heavy atom. The van der Waals surface area contributed by atoms with Crippen LogP contribution in [-0.4, -0.2) is 45.8 Å². The third kappa shape index (κ3) is 2.94.